The highest BCUT2D eigenvalue weighted by Crippen LogP contribution is 2.64. The molecule has 0 amide bonds. The Balaban J connectivity index is 2.66. The molecule has 1 nitrogen and oxygen atoms in total. The van der Waals surface area contributed by atoms with Crippen molar-refractivity contribution in [1.29, 1.82) is 0 Å². The normalized spacial score (nSPS) is 35.5. The van der Waals surface area contributed by atoms with E-state index in [4.69, 9.17) is 5.73 Å². The molecule has 11 heavy (non-hydrogen) atoms. The fourth-order valence-electron chi connectivity index (χ4n) is 2.90. The van der Waals surface area contributed by atoms with Crippen LogP contribution in [0.5, 0.6) is 0 Å². The van der Waals surface area contributed by atoms with Gasteiger partial charge in [0.1, 0.15) is 0 Å². The summed E-state index contributed by atoms with van der Waals surface area (Å²) in [6.07, 6.45) is 0. The fraction of sp³-hybridized carbons (Fsp3) is 1.00. The zero-order valence-corrected chi connectivity index (χ0v) is 8.44. The molecular weight excluding hydrogens is 134 g/mol. The van der Waals surface area contributed by atoms with Crippen LogP contribution in [0.2, 0.25) is 0 Å². The van der Waals surface area contributed by atoms with Gasteiger partial charge >= 0.3 is 0 Å². The lowest BCUT2D eigenvalue weighted by Crippen LogP contribution is -2.13. The van der Waals surface area contributed by atoms with Gasteiger partial charge in [0, 0.05) is 0 Å². The van der Waals surface area contributed by atoms with Gasteiger partial charge in [-0.25, -0.2) is 0 Å². The van der Waals surface area contributed by atoms with Crippen LogP contribution in [0.25, 0.3) is 0 Å². The van der Waals surface area contributed by atoms with Crippen LogP contribution in [0, 0.1) is 22.7 Å². The van der Waals surface area contributed by atoms with E-state index in [0.717, 1.165) is 18.4 Å². The van der Waals surface area contributed by atoms with Crippen LogP contribution in [-0.2, 0) is 0 Å². The second-order valence-corrected chi connectivity index (χ2v) is 5.51. The minimum absolute atomic E-state index is 0.438. The van der Waals surface area contributed by atoms with E-state index < -0.39 is 0 Å². The second kappa shape index (κ2) is 2.22. The lowest BCUT2D eigenvalue weighted by Gasteiger charge is -2.20. The molecule has 0 saturated heterocycles. The minimum atomic E-state index is 0.438. The van der Waals surface area contributed by atoms with E-state index in [-0.39, 0.29) is 0 Å². The van der Waals surface area contributed by atoms with Crippen molar-refractivity contribution in [3.63, 3.8) is 0 Å². The van der Waals surface area contributed by atoms with Crippen LogP contribution in [-0.4, -0.2) is 6.54 Å². The van der Waals surface area contributed by atoms with E-state index in [1.165, 1.54) is 0 Å². The summed E-state index contributed by atoms with van der Waals surface area (Å²) in [5.41, 5.74) is 6.63. The summed E-state index contributed by atoms with van der Waals surface area (Å²) in [5, 5.41) is 0. The molecule has 1 heteroatoms. The maximum absolute atomic E-state index is 5.70. The molecule has 0 bridgehead atoms. The first-order valence-corrected chi connectivity index (χ1v) is 4.52. The van der Waals surface area contributed by atoms with Crippen LogP contribution in [0.3, 0.4) is 0 Å². The van der Waals surface area contributed by atoms with Gasteiger partial charge in [0.05, 0.1) is 0 Å². The molecule has 1 aliphatic carbocycles. The first-order valence-electron chi connectivity index (χ1n) is 4.52. The molecule has 1 saturated carbocycles. The third-order valence-electron chi connectivity index (χ3n) is 3.24. The van der Waals surface area contributed by atoms with Crippen molar-refractivity contribution in [3.8, 4) is 0 Å². The van der Waals surface area contributed by atoms with Gasteiger partial charge in [-0.1, -0.05) is 34.6 Å². The van der Waals surface area contributed by atoms with Gasteiger partial charge in [-0.2, -0.15) is 0 Å². The molecule has 2 atom stereocenters. The van der Waals surface area contributed by atoms with Crippen LogP contribution in [0.4, 0.5) is 0 Å². The smallest absolute Gasteiger partial charge is 0.00406 e. The maximum atomic E-state index is 5.70. The Morgan fingerprint density at radius 2 is 1.73 bits per heavy atom. The average Bonchev–Trinajstić information content (AvgIpc) is 2.31. The highest BCUT2D eigenvalue weighted by Gasteiger charge is 2.60. The number of hydrogen-bond donors (Lipinski definition) is 1. The SMILES string of the molecule is CC(C)(C)[C@@H]1[C@@H](CN)C1(C)C. The van der Waals surface area contributed by atoms with Crippen molar-refractivity contribution in [3.05, 3.63) is 0 Å². The molecule has 0 aromatic carbocycles. The molecule has 0 heterocycles. The van der Waals surface area contributed by atoms with Crippen molar-refractivity contribution >= 4 is 0 Å². The third-order valence-corrected chi connectivity index (χ3v) is 3.24. The molecule has 0 radical (unpaired) electrons. The number of rotatable bonds is 1. The zero-order chi connectivity index (χ0) is 8.86. The Hall–Kier alpha value is -0.0400. The summed E-state index contributed by atoms with van der Waals surface area (Å²) in [6, 6.07) is 0. The van der Waals surface area contributed by atoms with Gasteiger partial charge in [0.25, 0.3) is 0 Å². The van der Waals surface area contributed by atoms with Crippen LogP contribution in [0.1, 0.15) is 34.6 Å². The quantitative estimate of drug-likeness (QED) is 0.617. The second-order valence-electron chi connectivity index (χ2n) is 5.51. The molecule has 2 N–H and O–H groups in total. The van der Waals surface area contributed by atoms with E-state index >= 15 is 0 Å². The van der Waals surface area contributed by atoms with E-state index in [2.05, 4.69) is 34.6 Å². The summed E-state index contributed by atoms with van der Waals surface area (Å²) >= 11 is 0. The van der Waals surface area contributed by atoms with E-state index in [1.54, 1.807) is 0 Å². The molecule has 0 unspecified atom stereocenters. The van der Waals surface area contributed by atoms with Crippen molar-refractivity contribution in [1.82, 2.24) is 0 Å². The van der Waals surface area contributed by atoms with Gasteiger partial charge in [0.15, 0.2) is 0 Å². The van der Waals surface area contributed by atoms with Crippen molar-refractivity contribution in [2.45, 2.75) is 34.6 Å². The molecule has 1 fully saturated rings. The first kappa shape index (κ1) is 9.05. The summed E-state index contributed by atoms with van der Waals surface area (Å²) in [6.45, 7) is 12.5. The molecule has 1 aliphatic rings. The van der Waals surface area contributed by atoms with Crippen LogP contribution >= 0.6 is 0 Å². The molecule has 0 spiro atoms. The van der Waals surface area contributed by atoms with E-state index in [0.29, 0.717) is 10.8 Å². The Bertz CT molecular complexity index is 153. The third kappa shape index (κ3) is 1.31. The predicted octanol–water partition coefficient (Wildman–Crippen LogP) is 2.26. The Kier molecular flexibility index (Phi) is 1.83. The molecule has 0 aliphatic heterocycles. The molecule has 0 aromatic heterocycles. The highest BCUT2D eigenvalue weighted by atomic mass is 14.7. The van der Waals surface area contributed by atoms with Crippen molar-refractivity contribution in [2.75, 3.05) is 6.54 Å². The number of hydrogen-bond acceptors (Lipinski definition) is 1. The van der Waals surface area contributed by atoms with Gasteiger partial charge < -0.3 is 5.73 Å². The van der Waals surface area contributed by atoms with Crippen molar-refractivity contribution in [2.24, 2.45) is 28.4 Å². The maximum Gasteiger partial charge on any atom is -0.00406 e. The standard InChI is InChI=1S/C10H21N/c1-9(2,3)8-7(6-11)10(8,4)5/h7-8H,6,11H2,1-5H3/t7-,8+/m1/s1. The van der Waals surface area contributed by atoms with Crippen LogP contribution in [0.15, 0.2) is 0 Å². The largest absolute Gasteiger partial charge is 0.330 e. The lowest BCUT2D eigenvalue weighted by atomic mass is 9.85. The van der Waals surface area contributed by atoms with Gasteiger partial charge in [-0.3, -0.25) is 0 Å². The lowest BCUT2D eigenvalue weighted by molar-refractivity contribution is 0.296. The summed E-state index contributed by atoms with van der Waals surface area (Å²) in [4.78, 5) is 0. The Morgan fingerprint density at radius 1 is 1.27 bits per heavy atom. The number of nitrogens with two attached hydrogens (primary N) is 1. The summed E-state index contributed by atoms with van der Waals surface area (Å²) in [7, 11) is 0. The van der Waals surface area contributed by atoms with Crippen molar-refractivity contribution < 1.29 is 0 Å². The molecular formula is C10H21N. The molecule has 1 rings (SSSR count). The fourth-order valence-corrected chi connectivity index (χ4v) is 2.90. The molecule has 0 aromatic rings. The van der Waals surface area contributed by atoms with Gasteiger partial charge in [-0.05, 0) is 29.2 Å². The predicted molar refractivity (Wildman–Crippen MR) is 49.3 cm³/mol. The first-order chi connectivity index (χ1) is 4.81. The highest BCUT2D eigenvalue weighted by molar-refractivity contribution is 5.09. The zero-order valence-electron chi connectivity index (χ0n) is 8.44. The van der Waals surface area contributed by atoms with E-state index in [9.17, 15) is 0 Å². The monoisotopic (exact) mass is 155 g/mol. The topological polar surface area (TPSA) is 26.0 Å². The molecule has 66 valence electrons. The Morgan fingerprint density at radius 3 is 1.82 bits per heavy atom. The summed E-state index contributed by atoms with van der Waals surface area (Å²) in [5.74, 6) is 1.57. The van der Waals surface area contributed by atoms with Gasteiger partial charge in [0.2, 0.25) is 0 Å². The Labute approximate surface area is 70.4 Å². The minimum Gasteiger partial charge on any atom is -0.330 e. The average molecular weight is 155 g/mol. The van der Waals surface area contributed by atoms with E-state index in [1.807, 2.05) is 0 Å². The summed E-state index contributed by atoms with van der Waals surface area (Å²) < 4.78 is 0. The van der Waals surface area contributed by atoms with Crippen LogP contribution < -0.4 is 5.73 Å². The van der Waals surface area contributed by atoms with Gasteiger partial charge in [-0.15, -0.1) is 0 Å².